The molecule has 0 saturated carbocycles. The summed E-state index contributed by atoms with van der Waals surface area (Å²) in [6.45, 7) is 6.36. The second-order valence-electron chi connectivity index (χ2n) is 3.62. The molecule has 1 atom stereocenters. The monoisotopic (exact) mass is 251 g/mol. The second kappa shape index (κ2) is 6.12. The Labute approximate surface area is 107 Å². The van der Waals surface area contributed by atoms with Gasteiger partial charge in [-0.05, 0) is 12.1 Å². The predicted octanol–water partition coefficient (Wildman–Crippen LogP) is 1.76. The number of benzene rings is 1. The Morgan fingerprint density at radius 1 is 1.47 bits per heavy atom. The molecule has 0 aliphatic carbocycles. The summed E-state index contributed by atoms with van der Waals surface area (Å²) in [5.41, 5.74) is 7.68. The number of ether oxygens (including phenoxy) is 1. The van der Waals surface area contributed by atoms with E-state index < -0.39 is 0 Å². The Morgan fingerprint density at radius 3 is 2.71 bits per heavy atom. The maximum absolute atomic E-state index is 11.3. The number of carbonyl (C=O) groups excluding carboxylic acids is 1. The lowest BCUT2D eigenvalue weighted by molar-refractivity contribution is 0.0601. The third-order valence-corrected chi connectivity index (χ3v) is 3.98. The fourth-order valence-electron chi connectivity index (χ4n) is 1.68. The minimum Gasteiger partial charge on any atom is -0.465 e. The van der Waals surface area contributed by atoms with E-state index in [2.05, 4.69) is 11.6 Å². The Balaban J connectivity index is 0.000000686. The van der Waals surface area contributed by atoms with Gasteiger partial charge in [-0.25, -0.2) is 4.79 Å². The standard InChI is InChI=1S/C10H12BNO2S.C2H6/c1-11-7-5-6(9(13)14-2)3-4-8(7)15-10(11)12;1-2/h3-5,10H,12H2,1-2H3;1-2H3. The van der Waals surface area contributed by atoms with Crippen LogP contribution in [-0.4, -0.2) is 25.1 Å². The molecule has 17 heavy (non-hydrogen) atoms. The van der Waals surface area contributed by atoms with Crippen LogP contribution in [-0.2, 0) is 4.74 Å². The molecule has 1 heterocycles. The molecule has 0 saturated heterocycles. The fraction of sp³-hybridized carbons (Fsp3) is 0.417. The zero-order chi connectivity index (χ0) is 13.0. The van der Waals surface area contributed by atoms with Crippen molar-refractivity contribution in [2.45, 2.75) is 30.8 Å². The van der Waals surface area contributed by atoms with Crippen molar-refractivity contribution >= 4 is 29.9 Å². The van der Waals surface area contributed by atoms with E-state index in [1.54, 1.807) is 17.8 Å². The van der Waals surface area contributed by atoms with Crippen LogP contribution < -0.4 is 11.2 Å². The van der Waals surface area contributed by atoms with Crippen LogP contribution in [0.5, 0.6) is 0 Å². The number of fused-ring (bicyclic) bond motifs is 1. The Hall–Kier alpha value is -0.935. The molecule has 92 valence electrons. The van der Waals surface area contributed by atoms with Crippen molar-refractivity contribution in [2.75, 3.05) is 7.11 Å². The van der Waals surface area contributed by atoms with Crippen molar-refractivity contribution in [3.8, 4) is 0 Å². The summed E-state index contributed by atoms with van der Waals surface area (Å²) in [5, 5.41) is 0.0906. The summed E-state index contributed by atoms with van der Waals surface area (Å²) in [5.74, 6) is -0.296. The van der Waals surface area contributed by atoms with Crippen molar-refractivity contribution in [3.63, 3.8) is 0 Å². The first-order valence-electron chi connectivity index (χ1n) is 5.78. The Kier molecular flexibility index (Phi) is 5.09. The molecular weight excluding hydrogens is 233 g/mol. The Bertz CT molecular complexity index is 411. The van der Waals surface area contributed by atoms with Crippen molar-refractivity contribution in [1.29, 1.82) is 0 Å². The highest BCUT2D eigenvalue weighted by atomic mass is 32.2. The summed E-state index contributed by atoms with van der Waals surface area (Å²) < 4.78 is 4.68. The van der Waals surface area contributed by atoms with Gasteiger partial charge in [0.2, 0.25) is 6.71 Å². The number of thioether (sulfide) groups is 1. The van der Waals surface area contributed by atoms with E-state index in [1.165, 1.54) is 12.0 Å². The van der Waals surface area contributed by atoms with E-state index in [0.29, 0.717) is 5.56 Å². The van der Waals surface area contributed by atoms with Gasteiger partial charge in [0.1, 0.15) is 0 Å². The molecule has 0 spiro atoms. The SMILES string of the molecule is CC.COC(=O)c1ccc2c(c1)B(C)C(N)S2. The van der Waals surface area contributed by atoms with Gasteiger partial charge in [-0.15, -0.1) is 11.8 Å². The summed E-state index contributed by atoms with van der Waals surface area (Å²) in [6.07, 6.45) is 0. The lowest BCUT2D eigenvalue weighted by Crippen LogP contribution is -2.38. The predicted molar refractivity (Wildman–Crippen MR) is 74.2 cm³/mol. The number of esters is 1. The number of methoxy groups -OCH3 is 1. The van der Waals surface area contributed by atoms with Crippen LogP contribution >= 0.6 is 11.8 Å². The maximum atomic E-state index is 11.3. The largest absolute Gasteiger partial charge is 0.465 e. The van der Waals surface area contributed by atoms with Crippen LogP contribution in [0, 0.1) is 0 Å². The fourth-order valence-corrected chi connectivity index (χ4v) is 2.85. The van der Waals surface area contributed by atoms with Crippen molar-refractivity contribution in [2.24, 2.45) is 5.73 Å². The van der Waals surface area contributed by atoms with Crippen LogP contribution in [0.1, 0.15) is 24.2 Å². The number of hydrogen-bond donors (Lipinski definition) is 1. The zero-order valence-corrected chi connectivity index (χ0v) is 11.5. The number of rotatable bonds is 1. The molecular formula is C12H18BNO2S. The molecule has 3 nitrogen and oxygen atoms in total. The molecule has 2 rings (SSSR count). The molecule has 0 radical (unpaired) electrons. The van der Waals surface area contributed by atoms with Gasteiger partial charge in [0, 0.05) is 10.2 Å². The lowest BCUT2D eigenvalue weighted by Gasteiger charge is -2.05. The van der Waals surface area contributed by atoms with Crippen molar-refractivity contribution < 1.29 is 9.53 Å². The van der Waals surface area contributed by atoms with Gasteiger partial charge in [-0.3, -0.25) is 0 Å². The lowest BCUT2D eigenvalue weighted by atomic mass is 9.47. The van der Waals surface area contributed by atoms with Gasteiger partial charge in [0.05, 0.1) is 12.7 Å². The number of carbonyl (C=O) groups is 1. The highest BCUT2D eigenvalue weighted by Gasteiger charge is 2.30. The highest BCUT2D eigenvalue weighted by Crippen LogP contribution is 2.28. The van der Waals surface area contributed by atoms with Gasteiger partial charge in [-0.2, -0.15) is 0 Å². The van der Waals surface area contributed by atoms with Crippen LogP contribution in [0.4, 0.5) is 0 Å². The second-order valence-corrected chi connectivity index (χ2v) is 4.84. The first-order chi connectivity index (χ1) is 8.13. The zero-order valence-electron chi connectivity index (χ0n) is 10.7. The van der Waals surface area contributed by atoms with E-state index in [0.717, 1.165) is 5.46 Å². The quantitative estimate of drug-likeness (QED) is 0.610. The van der Waals surface area contributed by atoms with Crippen LogP contribution in [0.3, 0.4) is 0 Å². The molecule has 0 fully saturated rings. The molecule has 1 aliphatic heterocycles. The van der Waals surface area contributed by atoms with E-state index in [-0.39, 0.29) is 18.0 Å². The van der Waals surface area contributed by atoms with Gasteiger partial charge in [0.25, 0.3) is 0 Å². The third kappa shape index (κ3) is 2.84. The number of hydrogen-bond acceptors (Lipinski definition) is 4. The average Bonchev–Trinajstić information content (AvgIpc) is 2.66. The topological polar surface area (TPSA) is 52.3 Å². The Morgan fingerprint density at radius 2 is 2.12 bits per heavy atom. The molecule has 0 aromatic heterocycles. The van der Waals surface area contributed by atoms with E-state index in [4.69, 9.17) is 5.73 Å². The molecule has 2 N–H and O–H groups in total. The summed E-state index contributed by atoms with van der Waals surface area (Å²) in [6, 6.07) is 5.60. The summed E-state index contributed by atoms with van der Waals surface area (Å²) in [4.78, 5) is 12.5. The van der Waals surface area contributed by atoms with Crippen molar-refractivity contribution in [3.05, 3.63) is 23.8 Å². The molecule has 1 aliphatic rings. The van der Waals surface area contributed by atoms with Crippen LogP contribution in [0.15, 0.2) is 23.1 Å². The molecule has 1 aromatic rings. The third-order valence-electron chi connectivity index (χ3n) is 2.68. The summed E-state index contributed by atoms with van der Waals surface area (Å²) in [7, 11) is 1.39. The highest BCUT2D eigenvalue weighted by molar-refractivity contribution is 8.02. The van der Waals surface area contributed by atoms with E-state index in [9.17, 15) is 4.79 Å². The molecule has 1 unspecified atom stereocenters. The molecule has 5 heteroatoms. The van der Waals surface area contributed by atoms with Gasteiger partial charge in [0.15, 0.2) is 0 Å². The molecule has 0 amide bonds. The van der Waals surface area contributed by atoms with Gasteiger partial charge < -0.3 is 10.5 Å². The first kappa shape index (κ1) is 14.1. The minimum atomic E-state index is -0.296. The van der Waals surface area contributed by atoms with E-state index >= 15 is 0 Å². The summed E-state index contributed by atoms with van der Waals surface area (Å²) >= 11 is 1.65. The first-order valence-corrected chi connectivity index (χ1v) is 6.66. The molecule has 1 aromatic carbocycles. The van der Waals surface area contributed by atoms with E-state index in [1.807, 2.05) is 26.0 Å². The van der Waals surface area contributed by atoms with Gasteiger partial charge in [-0.1, -0.05) is 32.2 Å². The average molecular weight is 251 g/mol. The van der Waals surface area contributed by atoms with Crippen molar-refractivity contribution in [1.82, 2.24) is 0 Å². The smallest absolute Gasteiger partial charge is 0.337 e. The maximum Gasteiger partial charge on any atom is 0.337 e. The van der Waals surface area contributed by atoms with Crippen LogP contribution in [0.2, 0.25) is 6.82 Å². The molecule has 0 bridgehead atoms. The van der Waals surface area contributed by atoms with Gasteiger partial charge >= 0.3 is 5.97 Å². The normalized spacial score (nSPS) is 17.0. The van der Waals surface area contributed by atoms with Crippen LogP contribution in [0.25, 0.3) is 0 Å². The minimum absolute atomic E-state index is 0.0906. The number of nitrogens with two attached hydrogens (primary N) is 1.